The Morgan fingerprint density at radius 1 is 1.35 bits per heavy atom. The molecule has 2 heterocycles. The number of Topliss-reactive ketones (excluding diaryl/α,β-unsaturated/α-hetero) is 1. The van der Waals surface area contributed by atoms with Crippen LogP contribution in [-0.4, -0.2) is 23.9 Å². The molecule has 3 nitrogen and oxygen atoms in total. The molecule has 0 bridgehead atoms. The van der Waals surface area contributed by atoms with Crippen LogP contribution in [0.1, 0.15) is 43.6 Å². The molecule has 1 aromatic rings. The summed E-state index contributed by atoms with van der Waals surface area (Å²) in [5.41, 5.74) is 1.70. The fourth-order valence-corrected chi connectivity index (χ4v) is 2.30. The van der Waals surface area contributed by atoms with Gasteiger partial charge in [0, 0.05) is 20.0 Å². The maximum absolute atomic E-state index is 11.2. The van der Waals surface area contributed by atoms with Crippen molar-refractivity contribution in [3.8, 4) is 0 Å². The van der Waals surface area contributed by atoms with Crippen molar-refractivity contribution in [2.75, 3.05) is 18.0 Å². The van der Waals surface area contributed by atoms with Crippen LogP contribution in [0.5, 0.6) is 0 Å². The Hall–Kier alpha value is -1.38. The summed E-state index contributed by atoms with van der Waals surface area (Å²) in [4.78, 5) is 17.7. The highest BCUT2D eigenvalue weighted by atomic mass is 16.1. The number of nitrogens with zero attached hydrogens (tertiary/aromatic N) is 2. The Kier molecular flexibility index (Phi) is 3.77. The standard InChI is InChI=1S/C14H20N2O/c1-11-4-3-8-16(9-7-11)13-5-6-14(12(2)17)15-10-13/h5-6,10-11H,3-4,7-9H2,1-2H3. The second-order valence-corrected chi connectivity index (χ2v) is 4.98. The van der Waals surface area contributed by atoms with E-state index in [2.05, 4.69) is 16.8 Å². The minimum atomic E-state index is 0.0287. The molecule has 0 amide bonds. The zero-order valence-corrected chi connectivity index (χ0v) is 10.6. The summed E-state index contributed by atoms with van der Waals surface area (Å²) in [6.07, 6.45) is 5.63. The highest BCUT2D eigenvalue weighted by Crippen LogP contribution is 2.21. The summed E-state index contributed by atoms with van der Waals surface area (Å²) in [6, 6.07) is 3.84. The van der Waals surface area contributed by atoms with E-state index in [-0.39, 0.29) is 5.78 Å². The van der Waals surface area contributed by atoms with Crippen LogP contribution < -0.4 is 4.90 Å². The fraction of sp³-hybridized carbons (Fsp3) is 0.571. The third-order valence-corrected chi connectivity index (χ3v) is 3.49. The topological polar surface area (TPSA) is 33.2 Å². The van der Waals surface area contributed by atoms with Gasteiger partial charge in [0.25, 0.3) is 0 Å². The molecule has 0 radical (unpaired) electrons. The van der Waals surface area contributed by atoms with Gasteiger partial charge in [-0.15, -0.1) is 0 Å². The first-order valence-corrected chi connectivity index (χ1v) is 6.39. The van der Waals surface area contributed by atoms with Gasteiger partial charge in [-0.25, -0.2) is 0 Å². The second kappa shape index (κ2) is 5.30. The number of carbonyl (C=O) groups is 1. The van der Waals surface area contributed by atoms with Gasteiger partial charge in [0.2, 0.25) is 0 Å². The van der Waals surface area contributed by atoms with Gasteiger partial charge < -0.3 is 4.90 Å². The van der Waals surface area contributed by atoms with Crippen LogP contribution >= 0.6 is 0 Å². The van der Waals surface area contributed by atoms with Crippen molar-refractivity contribution in [3.63, 3.8) is 0 Å². The van der Waals surface area contributed by atoms with E-state index in [1.807, 2.05) is 18.3 Å². The zero-order chi connectivity index (χ0) is 12.3. The fourth-order valence-electron chi connectivity index (χ4n) is 2.30. The first-order valence-electron chi connectivity index (χ1n) is 6.39. The summed E-state index contributed by atoms with van der Waals surface area (Å²) < 4.78 is 0. The Morgan fingerprint density at radius 2 is 2.18 bits per heavy atom. The van der Waals surface area contributed by atoms with E-state index in [0.29, 0.717) is 5.69 Å². The molecule has 1 aromatic heterocycles. The van der Waals surface area contributed by atoms with Crippen molar-refractivity contribution in [2.24, 2.45) is 5.92 Å². The van der Waals surface area contributed by atoms with E-state index in [1.165, 1.54) is 19.3 Å². The van der Waals surface area contributed by atoms with Crippen LogP contribution in [0.3, 0.4) is 0 Å². The summed E-state index contributed by atoms with van der Waals surface area (Å²) in [6.45, 7) is 6.07. The molecule has 2 rings (SSSR count). The Bertz CT molecular complexity index is 386. The Balaban J connectivity index is 2.08. The van der Waals surface area contributed by atoms with Crippen molar-refractivity contribution in [1.82, 2.24) is 4.98 Å². The minimum Gasteiger partial charge on any atom is -0.370 e. The Morgan fingerprint density at radius 3 is 2.82 bits per heavy atom. The second-order valence-electron chi connectivity index (χ2n) is 4.98. The largest absolute Gasteiger partial charge is 0.370 e. The van der Waals surface area contributed by atoms with E-state index in [4.69, 9.17) is 0 Å². The molecule has 17 heavy (non-hydrogen) atoms. The van der Waals surface area contributed by atoms with Crippen LogP contribution in [0.25, 0.3) is 0 Å². The van der Waals surface area contributed by atoms with Crippen molar-refractivity contribution in [3.05, 3.63) is 24.0 Å². The van der Waals surface area contributed by atoms with E-state index >= 15 is 0 Å². The quantitative estimate of drug-likeness (QED) is 0.735. The minimum absolute atomic E-state index is 0.0287. The smallest absolute Gasteiger partial charge is 0.178 e. The van der Waals surface area contributed by atoms with Crippen molar-refractivity contribution in [1.29, 1.82) is 0 Å². The number of hydrogen-bond acceptors (Lipinski definition) is 3. The van der Waals surface area contributed by atoms with Gasteiger partial charge in [-0.3, -0.25) is 9.78 Å². The molecule has 0 spiro atoms. The normalized spacial score (nSPS) is 21.1. The van der Waals surface area contributed by atoms with Gasteiger partial charge in [-0.2, -0.15) is 0 Å². The van der Waals surface area contributed by atoms with Gasteiger partial charge in [0.15, 0.2) is 5.78 Å². The summed E-state index contributed by atoms with van der Waals surface area (Å²) in [5.74, 6) is 0.852. The molecule has 1 atom stereocenters. The number of pyridine rings is 1. The van der Waals surface area contributed by atoms with Gasteiger partial charge in [-0.05, 0) is 37.3 Å². The van der Waals surface area contributed by atoms with Gasteiger partial charge >= 0.3 is 0 Å². The van der Waals surface area contributed by atoms with Gasteiger partial charge in [0.1, 0.15) is 5.69 Å². The molecule has 0 aromatic carbocycles. The average Bonchev–Trinajstić information content (AvgIpc) is 2.54. The van der Waals surface area contributed by atoms with Crippen LogP contribution in [0, 0.1) is 5.92 Å². The maximum Gasteiger partial charge on any atom is 0.178 e. The summed E-state index contributed by atoms with van der Waals surface area (Å²) in [7, 11) is 0. The van der Waals surface area contributed by atoms with E-state index < -0.39 is 0 Å². The predicted molar refractivity (Wildman–Crippen MR) is 69.5 cm³/mol. The molecule has 0 aliphatic carbocycles. The molecule has 1 aliphatic rings. The molecule has 0 N–H and O–H groups in total. The molecule has 1 unspecified atom stereocenters. The number of carbonyl (C=O) groups excluding carboxylic acids is 1. The lowest BCUT2D eigenvalue weighted by Gasteiger charge is -2.22. The number of anilines is 1. The van der Waals surface area contributed by atoms with Crippen molar-refractivity contribution in [2.45, 2.75) is 33.1 Å². The Labute approximate surface area is 103 Å². The van der Waals surface area contributed by atoms with Crippen LogP contribution in [-0.2, 0) is 0 Å². The first-order chi connectivity index (χ1) is 8.16. The van der Waals surface area contributed by atoms with E-state index in [1.54, 1.807) is 6.92 Å². The number of ketones is 1. The monoisotopic (exact) mass is 232 g/mol. The predicted octanol–water partition coefficient (Wildman–Crippen LogP) is 2.91. The number of hydrogen-bond donors (Lipinski definition) is 0. The lowest BCUT2D eigenvalue weighted by atomic mass is 10.0. The van der Waals surface area contributed by atoms with Gasteiger partial charge in [0.05, 0.1) is 11.9 Å². The van der Waals surface area contributed by atoms with E-state index in [0.717, 1.165) is 24.7 Å². The van der Waals surface area contributed by atoms with Crippen LogP contribution in [0.2, 0.25) is 0 Å². The first kappa shape index (κ1) is 12.1. The van der Waals surface area contributed by atoms with Crippen molar-refractivity contribution < 1.29 is 4.79 Å². The lowest BCUT2D eigenvalue weighted by molar-refractivity contribution is 0.101. The summed E-state index contributed by atoms with van der Waals surface area (Å²) >= 11 is 0. The van der Waals surface area contributed by atoms with Crippen LogP contribution in [0.15, 0.2) is 18.3 Å². The molecule has 3 heteroatoms. The van der Waals surface area contributed by atoms with Crippen LogP contribution in [0.4, 0.5) is 5.69 Å². The molecular weight excluding hydrogens is 212 g/mol. The number of aromatic nitrogens is 1. The van der Waals surface area contributed by atoms with E-state index in [9.17, 15) is 4.79 Å². The van der Waals surface area contributed by atoms with Gasteiger partial charge in [-0.1, -0.05) is 6.92 Å². The molecular formula is C14H20N2O. The number of rotatable bonds is 2. The molecule has 1 saturated heterocycles. The molecule has 1 aliphatic heterocycles. The molecule has 1 fully saturated rings. The molecule has 92 valence electrons. The summed E-state index contributed by atoms with van der Waals surface area (Å²) in [5, 5.41) is 0. The average molecular weight is 232 g/mol. The highest BCUT2D eigenvalue weighted by Gasteiger charge is 2.14. The van der Waals surface area contributed by atoms with Crippen molar-refractivity contribution >= 4 is 11.5 Å². The third kappa shape index (κ3) is 3.05. The zero-order valence-electron chi connectivity index (χ0n) is 10.6. The SMILES string of the molecule is CC(=O)c1ccc(N2CCCC(C)CC2)cn1. The lowest BCUT2D eigenvalue weighted by Crippen LogP contribution is -2.24. The highest BCUT2D eigenvalue weighted by molar-refractivity contribution is 5.92. The third-order valence-electron chi connectivity index (χ3n) is 3.49. The maximum atomic E-state index is 11.2. The molecule has 0 saturated carbocycles.